The number of likely N-dealkylation sites (N-methyl/N-ethyl adjacent to an activating group) is 1. The van der Waals surface area contributed by atoms with E-state index >= 15 is 0 Å². The van der Waals surface area contributed by atoms with Crippen LogP contribution >= 0.6 is 17.0 Å². The van der Waals surface area contributed by atoms with Crippen LogP contribution in [-0.4, -0.2) is 53.0 Å². The quantitative estimate of drug-likeness (QED) is 0.164. The van der Waals surface area contributed by atoms with E-state index in [0.29, 0.717) is 41.0 Å². The standard InChI is InChI=1S/C34H32N4O3.BrH/c1-3-38(4-2)21-22-41-34(40)26-15-18-28(19-16-26)35-33(39)27-17-20-29-30(23-27)37-32(25-13-9-6-10-14-25)31(36-29)24-11-7-5-8-12-24;/h5-20,23H,3-4,21-22H2,1-2H3,(H,35,39);1H. The van der Waals surface area contributed by atoms with Gasteiger partial charge < -0.3 is 15.0 Å². The van der Waals surface area contributed by atoms with E-state index in [1.165, 1.54) is 0 Å². The second kappa shape index (κ2) is 14.5. The lowest BCUT2D eigenvalue weighted by molar-refractivity contribution is 0.0466. The summed E-state index contributed by atoms with van der Waals surface area (Å²) in [6, 6.07) is 31.9. The van der Waals surface area contributed by atoms with Crippen LogP contribution < -0.4 is 5.32 Å². The Morgan fingerprint density at radius 1 is 0.714 bits per heavy atom. The Balaban J connectivity index is 0.00000405. The van der Waals surface area contributed by atoms with Crippen LogP contribution in [0.1, 0.15) is 34.6 Å². The minimum Gasteiger partial charge on any atom is -0.461 e. The largest absolute Gasteiger partial charge is 0.461 e. The van der Waals surface area contributed by atoms with Gasteiger partial charge in [0.15, 0.2) is 0 Å². The van der Waals surface area contributed by atoms with Gasteiger partial charge in [0, 0.05) is 28.9 Å². The van der Waals surface area contributed by atoms with E-state index in [-0.39, 0.29) is 28.9 Å². The molecule has 0 atom stereocenters. The minimum absolute atomic E-state index is 0. The van der Waals surface area contributed by atoms with E-state index in [1.807, 2.05) is 66.7 Å². The Bertz CT molecular complexity index is 1640. The van der Waals surface area contributed by atoms with Gasteiger partial charge in [0.25, 0.3) is 5.91 Å². The number of hydrogen-bond acceptors (Lipinski definition) is 6. The van der Waals surface area contributed by atoms with Gasteiger partial charge in [0.1, 0.15) is 6.61 Å². The first-order chi connectivity index (χ1) is 20.1. The molecule has 1 amide bonds. The Labute approximate surface area is 256 Å². The molecule has 0 saturated heterocycles. The normalized spacial score (nSPS) is 10.7. The second-order valence-corrected chi connectivity index (χ2v) is 9.55. The Kier molecular flexibility index (Phi) is 10.5. The summed E-state index contributed by atoms with van der Waals surface area (Å²) in [5, 5.41) is 2.90. The second-order valence-electron chi connectivity index (χ2n) is 9.55. The third-order valence-electron chi connectivity index (χ3n) is 6.93. The molecule has 1 aromatic heterocycles. The molecule has 0 radical (unpaired) electrons. The summed E-state index contributed by atoms with van der Waals surface area (Å²) < 4.78 is 5.39. The van der Waals surface area contributed by atoms with Gasteiger partial charge in [-0.25, -0.2) is 14.8 Å². The van der Waals surface area contributed by atoms with Crippen LogP contribution in [-0.2, 0) is 4.74 Å². The van der Waals surface area contributed by atoms with Gasteiger partial charge in [-0.1, -0.05) is 74.5 Å². The molecular formula is C34H33BrN4O3. The Hall–Kier alpha value is -4.40. The number of fused-ring (bicyclic) bond motifs is 1. The van der Waals surface area contributed by atoms with Gasteiger partial charge >= 0.3 is 5.97 Å². The predicted octanol–water partition coefficient (Wildman–Crippen LogP) is 7.29. The summed E-state index contributed by atoms with van der Waals surface area (Å²) in [7, 11) is 0. The van der Waals surface area contributed by atoms with Crippen LogP contribution in [0.3, 0.4) is 0 Å². The lowest BCUT2D eigenvalue weighted by Gasteiger charge is -2.17. The van der Waals surface area contributed by atoms with E-state index in [4.69, 9.17) is 14.7 Å². The van der Waals surface area contributed by atoms with Gasteiger partial charge in [-0.15, -0.1) is 17.0 Å². The monoisotopic (exact) mass is 624 g/mol. The molecule has 1 N–H and O–H groups in total. The minimum atomic E-state index is -0.382. The fraction of sp³-hybridized carbons (Fsp3) is 0.176. The molecule has 0 bridgehead atoms. The van der Waals surface area contributed by atoms with Gasteiger partial charge in [-0.2, -0.15) is 0 Å². The van der Waals surface area contributed by atoms with Crippen molar-refractivity contribution in [3.8, 4) is 22.5 Å². The van der Waals surface area contributed by atoms with E-state index in [2.05, 4.69) is 24.1 Å². The maximum absolute atomic E-state index is 13.1. The van der Waals surface area contributed by atoms with Crippen molar-refractivity contribution in [2.24, 2.45) is 0 Å². The highest BCUT2D eigenvalue weighted by atomic mass is 79.9. The zero-order valence-electron chi connectivity index (χ0n) is 23.6. The number of aromatic nitrogens is 2. The smallest absolute Gasteiger partial charge is 0.338 e. The maximum atomic E-state index is 13.1. The topological polar surface area (TPSA) is 84.4 Å². The average Bonchev–Trinajstić information content (AvgIpc) is 3.03. The fourth-order valence-electron chi connectivity index (χ4n) is 4.57. The highest BCUT2D eigenvalue weighted by molar-refractivity contribution is 8.93. The molecule has 4 aromatic carbocycles. The number of anilines is 1. The molecule has 5 rings (SSSR count). The SMILES string of the molecule is Br.CCN(CC)CCOC(=O)c1ccc(NC(=O)c2ccc3nc(-c4ccccc4)c(-c4ccccc4)nc3c2)cc1. The van der Waals surface area contributed by atoms with Crippen LogP contribution in [0.2, 0.25) is 0 Å². The number of hydrogen-bond donors (Lipinski definition) is 1. The average molecular weight is 626 g/mol. The number of carbonyl (C=O) groups excluding carboxylic acids is 2. The summed E-state index contributed by atoms with van der Waals surface area (Å²) >= 11 is 0. The molecule has 7 nitrogen and oxygen atoms in total. The summed E-state index contributed by atoms with van der Waals surface area (Å²) in [6.45, 7) is 7.01. The Morgan fingerprint density at radius 2 is 1.26 bits per heavy atom. The molecule has 0 unspecified atom stereocenters. The van der Waals surface area contributed by atoms with Crippen LogP contribution in [0.5, 0.6) is 0 Å². The summed E-state index contributed by atoms with van der Waals surface area (Å²) in [6.07, 6.45) is 0. The number of halogens is 1. The number of ether oxygens (including phenoxy) is 1. The van der Waals surface area contributed by atoms with Gasteiger partial charge in [-0.05, 0) is 55.6 Å². The first kappa shape index (κ1) is 30.6. The zero-order chi connectivity index (χ0) is 28.6. The zero-order valence-corrected chi connectivity index (χ0v) is 25.3. The number of esters is 1. The van der Waals surface area contributed by atoms with Crippen molar-refractivity contribution in [1.29, 1.82) is 0 Å². The first-order valence-electron chi connectivity index (χ1n) is 13.8. The predicted molar refractivity (Wildman–Crippen MR) is 173 cm³/mol. The number of nitrogens with one attached hydrogen (secondary N) is 1. The molecular weight excluding hydrogens is 592 g/mol. The molecule has 0 aliphatic heterocycles. The fourth-order valence-corrected chi connectivity index (χ4v) is 4.57. The van der Waals surface area contributed by atoms with Crippen LogP contribution in [0.25, 0.3) is 33.5 Å². The van der Waals surface area contributed by atoms with Crippen molar-refractivity contribution in [1.82, 2.24) is 14.9 Å². The molecule has 0 aliphatic carbocycles. The van der Waals surface area contributed by atoms with E-state index in [0.717, 1.165) is 35.6 Å². The third-order valence-corrected chi connectivity index (χ3v) is 6.93. The molecule has 0 fully saturated rings. The van der Waals surface area contributed by atoms with Gasteiger partial charge in [0.05, 0.1) is 28.0 Å². The van der Waals surface area contributed by atoms with Crippen LogP contribution in [0, 0.1) is 0 Å². The van der Waals surface area contributed by atoms with Crippen molar-refractivity contribution in [3.05, 3.63) is 114 Å². The molecule has 0 spiro atoms. The van der Waals surface area contributed by atoms with E-state index < -0.39 is 0 Å². The summed E-state index contributed by atoms with van der Waals surface area (Å²) in [5.74, 6) is -0.663. The summed E-state index contributed by atoms with van der Waals surface area (Å²) in [4.78, 5) is 37.6. The first-order valence-corrected chi connectivity index (χ1v) is 13.8. The molecule has 42 heavy (non-hydrogen) atoms. The van der Waals surface area contributed by atoms with Crippen molar-refractivity contribution in [3.63, 3.8) is 0 Å². The molecule has 8 heteroatoms. The molecule has 0 saturated carbocycles. The number of amides is 1. The number of carbonyl (C=O) groups is 2. The summed E-state index contributed by atoms with van der Waals surface area (Å²) in [5.41, 5.74) is 6.24. The van der Waals surface area contributed by atoms with Gasteiger partial charge in [-0.3, -0.25) is 4.79 Å². The highest BCUT2D eigenvalue weighted by Gasteiger charge is 2.15. The van der Waals surface area contributed by atoms with Crippen molar-refractivity contribution < 1.29 is 14.3 Å². The maximum Gasteiger partial charge on any atom is 0.338 e. The van der Waals surface area contributed by atoms with Gasteiger partial charge in [0.2, 0.25) is 0 Å². The van der Waals surface area contributed by atoms with Crippen LogP contribution in [0.4, 0.5) is 5.69 Å². The molecule has 1 heterocycles. The lowest BCUT2D eigenvalue weighted by Crippen LogP contribution is -2.27. The van der Waals surface area contributed by atoms with E-state index in [9.17, 15) is 9.59 Å². The van der Waals surface area contributed by atoms with Crippen molar-refractivity contribution >= 4 is 45.6 Å². The molecule has 0 aliphatic rings. The Morgan fingerprint density at radius 3 is 1.83 bits per heavy atom. The van der Waals surface area contributed by atoms with Crippen molar-refractivity contribution in [2.75, 3.05) is 31.6 Å². The molecule has 5 aromatic rings. The number of nitrogens with zero attached hydrogens (tertiary/aromatic N) is 3. The van der Waals surface area contributed by atoms with Crippen LogP contribution in [0.15, 0.2) is 103 Å². The number of benzene rings is 4. The third kappa shape index (κ3) is 7.26. The van der Waals surface area contributed by atoms with E-state index in [1.54, 1.807) is 36.4 Å². The molecule has 214 valence electrons. The number of rotatable bonds is 10. The lowest BCUT2D eigenvalue weighted by atomic mass is 10.0. The van der Waals surface area contributed by atoms with Crippen molar-refractivity contribution in [2.45, 2.75) is 13.8 Å². The highest BCUT2D eigenvalue weighted by Crippen LogP contribution is 2.31.